The van der Waals surface area contributed by atoms with E-state index in [1.165, 1.54) is 167 Å². The number of aliphatic hydroxyl groups is 1. The van der Waals surface area contributed by atoms with E-state index < -0.39 is 97.5 Å². The Bertz CT molecular complexity index is 1840. The monoisotopic (exact) mass is 1370 g/mol. The molecule has 93 heavy (non-hydrogen) atoms. The Morgan fingerprint density at radius 1 is 0.301 bits per heavy atom. The number of phosphoric acid groups is 2. The molecule has 0 spiro atoms. The van der Waals surface area contributed by atoms with Gasteiger partial charge in [0.2, 0.25) is 0 Å². The molecule has 3 unspecified atom stereocenters. The minimum absolute atomic E-state index is 0.102. The molecule has 0 aliphatic heterocycles. The molecular weight excluding hydrogens is 1220 g/mol. The van der Waals surface area contributed by atoms with Crippen LogP contribution in [0.2, 0.25) is 0 Å². The van der Waals surface area contributed by atoms with Crippen LogP contribution in [0.1, 0.15) is 370 Å². The predicted molar refractivity (Wildman–Crippen MR) is 377 cm³/mol. The van der Waals surface area contributed by atoms with Crippen LogP contribution in [0.25, 0.3) is 0 Å². The number of rotatable bonds is 71. The summed E-state index contributed by atoms with van der Waals surface area (Å²) in [7, 11) is -9.91. The number of hydrogen-bond acceptors (Lipinski definition) is 15. The Balaban J connectivity index is 5.18. The molecule has 0 rings (SSSR count). The summed E-state index contributed by atoms with van der Waals surface area (Å²) in [5, 5.41) is 10.6. The first-order valence-electron chi connectivity index (χ1n) is 38.2. The quantitative estimate of drug-likeness (QED) is 0.0222. The van der Waals surface area contributed by atoms with E-state index in [0.29, 0.717) is 31.6 Å². The Morgan fingerprint density at radius 3 is 0.763 bits per heavy atom. The van der Waals surface area contributed by atoms with E-state index in [2.05, 4.69) is 55.4 Å². The first-order chi connectivity index (χ1) is 44.6. The minimum Gasteiger partial charge on any atom is -0.462 e. The van der Waals surface area contributed by atoms with Crippen molar-refractivity contribution in [1.82, 2.24) is 0 Å². The van der Waals surface area contributed by atoms with Crippen LogP contribution < -0.4 is 0 Å². The number of carbonyl (C=O) groups is 4. The van der Waals surface area contributed by atoms with E-state index in [0.717, 1.165) is 114 Å². The highest BCUT2D eigenvalue weighted by molar-refractivity contribution is 7.47. The fourth-order valence-corrected chi connectivity index (χ4v) is 12.7. The van der Waals surface area contributed by atoms with Crippen LogP contribution in [0.15, 0.2) is 0 Å². The fraction of sp³-hybridized carbons (Fsp3) is 0.946. The number of unbranched alkanes of at least 4 members (excludes halogenated alkanes) is 36. The number of aliphatic hydroxyl groups excluding tert-OH is 1. The van der Waals surface area contributed by atoms with Crippen molar-refractivity contribution in [3.05, 3.63) is 0 Å². The Labute approximate surface area is 568 Å². The number of hydrogen-bond donors (Lipinski definition) is 3. The predicted octanol–water partition coefficient (Wildman–Crippen LogP) is 21.3. The zero-order valence-electron chi connectivity index (χ0n) is 60.9. The van der Waals surface area contributed by atoms with E-state index in [-0.39, 0.29) is 25.7 Å². The van der Waals surface area contributed by atoms with Gasteiger partial charge in [-0.1, -0.05) is 319 Å². The van der Waals surface area contributed by atoms with E-state index in [4.69, 9.17) is 37.0 Å². The van der Waals surface area contributed by atoms with Gasteiger partial charge in [-0.25, -0.2) is 9.13 Å². The molecule has 0 amide bonds. The standard InChI is InChI=1S/C74H144O17P2/c1-9-67(8)53-45-37-31-33-39-47-55-72(77)85-61-69(90-73(78)56-48-40-29-25-21-16-12-10-11-14-18-22-26-34-42-50-64(2)3)62-88-92(80,81)86-58-68(75)59-87-93(82,83)89-63-70(91-74(79)57-49-41-32-30-36-44-52-66(6)7)60-84-71(76)54-46-38-28-24-20-17-13-15-19-23-27-35-43-51-65(4)5/h64-70,75H,9-63H2,1-8H3,(H,80,81)(H,82,83)/t67?,68-,69+,70+/m0/s1. The molecule has 0 fully saturated rings. The molecule has 19 heteroatoms. The number of ether oxygens (including phenoxy) is 4. The maximum absolute atomic E-state index is 13.0. The molecule has 17 nitrogen and oxygen atoms in total. The fourth-order valence-electron chi connectivity index (χ4n) is 11.2. The molecule has 0 bridgehead atoms. The van der Waals surface area contributed by atoms with Crippen LogP contribution >= 0.6 is 15.6 Å². The highest BCUT2D eigenvalue weighted by atomic mass is 31.2. The van der Waals surface area contributed by atoms with E-state index >= 15 is 0 Å². The summed E-state index contributed by atoms with van der Waals surface area (Å²) in [6, 6.07) is 0. The smallest absolute Gasteiger partial charge is 0.462 e. The molecule has 0 saturated carbocycles. The second-order valence-corrected chi connectivity index (χ2v) is 31.3. The summed E-state index contributed by atoms with van der Waals surface area (Å²) in [6.07, 6.45) is 47.4. The largest absolute Gasteiger partial charge is 0.472 e. The second-order valence-electron chi connectivity index (χ2n) is 28.4. The zero-order chi connectivity index (χ0) is 68.9. The molecular formula is C74H144O17P2. The van der Waals surface area contributed by atoms with Crippen LogP contribution in [-0.4, -0.2) is 96.7 Å². The van der Waals surface area contributed by atoms with Crippen molar-refractivity contribution in [2.24, 2.45) is 23.7 Å². The van der Waals surface area contributed by atoms with Crippen molar-refractivity contribution >= 4 is 39.5 Å². The van der Waals surface area contributed by atoms with E-state index in [1.807, 2.05) is 0 Å². The second kappa shape index (κ2) is 63.5. The summed E-state index contributed by atoms with van der Waals surface area (Å²) in [4.78, 5) is 72.6. The van der Waals surface area contributed by atoms with Gasteiger partial charge in [0.05, 0.1) is 26.4 Å². The Kier molecular flexibility index (Phi) is 62.2. The Morgan fingerprint density at radius 2 is 0.516 bits per heavy atom. The van der Waals surface area contributed by atoms with Crippen molar-refractivity contribution in [2.75, 3.05) is 39.6 Å². The zero-order valence-corrected chi connectivity index (χ0v) is 62.7. The van der Waals surface area contributed by atoms with Crippen LogP contribution in [0, 0.1) is 23.7 Å². The van der Waals surface area contributed by atoms with Crippen molar-refractivity contribution < 1.29 is 80.2 Å². The first-order valence-corrected chi connectivity index (χ1v) is 41.2. The molecule has 0 heterocycles. The van der Waals surface area contributed by atoms with Crippen LogP contribution in [0.3, 0.4) is 0 Å². The summed E-state index contributed by atoms with van der Waals surface area (Å²) in [6.45, 7) is 14.1. The van der Waals surface area contributed by atoms with Crippen LogP contribution in [0.4, 0.5) is 0 Å². The average molecular weight is 1370 g/mol. The lowest BCUT2D eigenvalue weighted by Crippen LogP contribution is -2.30. The SMILES string of the molecule is CCC(C)CCCCCCCCC(=O)OC[C@H](COP(=O)(O)OC[C@H](O)COP(=O)(O)OC[C@@H](COC(=O)CCCCCCCCCCCCCCCC(C)C)OC(=O)CCCCCCCCC(C)C)OC(=O)CCCCCCCCCCCCCCCCCC(C)C. The summed E-state index contributed by atoms with van der Waals surface area (Å²) in [5.74, 6) is 0.865. The van der Waals surface area contributed by atoms with E-state index in [1.54, 1.807) is 0 Å². The number of esters is 4. The van der Waals surface area contributed by atoms with Gasteiger partial charge < -0.3 is 33.8 Å². The number of carbonyl (C=O) groups excluding carboxylic acids is 4. The maximum Gasteiger partial charge on any atom is 0.472 e. The minimum atomic E-state index is -4.95. The third kappa shape index (κ3) is 67.0. The van der Waals surface area contributed by atoms with Crippen molar-refractivity contribution in [3.8, 4) is 0 Å². The summed E-state index contributed by atoms with van der Waals surface area (Å²) in [5.41, 5.74) is 0. The third-order valence-corrected chi connectivity index (χ3v) is 19.3. The van der Waals surface area contributed by atoms with Gasteiger partial charge >= 0.3 is 39.5 Å². The maximum atomic E-state index is 13.0. The molecule has 552 valence electrons. The average Bonchev–Trinajstić information content (AvgIpc) is 2.42. The van der Waals surface area contributed by atoms with Crippen LogP contribution in [0.5, 0.6) is 0 Å². The van der Waals surface area contributed by atoms with Gasteiger partial charge in [-0.2, -0.15) is 0 Å². The molecule has 0 aromatic heterocycles. The van der Waals surface area contributed by atoms with Crippen molar-refractivity contribution in [3.63, 3.8) is 0 Å². The van der Waals surface area contributed by atoms with Gasteiger partial charge in [0.1, 0.15) is 19.3 Å². The molecule has 6 atom stereocenters. The highest BCUT2D eigenvalue weighted by Crippen LogP contribution is 2.45. The normalized spacial score (nSPS) is 14.5. The van der Waals surface area contributed by atoms with Gasteiger partial charge in [0.25, 0.3) is 0 Å². The first kappa shape index (κ1) is 91.1. The topological polar surface area (TPSA) is 237 Å². The van der Waals surface area contributed by atoms with Crippen molar-refractivity contribution in [1.29, 1.82) is 0 Å². The molecule has 3 N–H and O–H groups in total. The molecule has 0 saturated heterocycles. The third-order valence-electron chi connectivity index (χ3n) is 17.4. The summed E-state index contributed by atoms with van der Waals surface area (Å²) < 4.78 is 68.4. The van der Waals surface area contributed by atoms with E-state index in [9.17, 15) is 43.2 Å². The molecule has 0 aliphatic rings. The van der Waals surface area contributed by atoms with Gasteiger partial charge in [-0.05, 0) is 49.4 Å². The molecule has 0 aromatic carbocycles. The highest BCUT2D eigenvalue weighted by Gasteiger charge is 2.30. The van der Waals surface area contributed by atoms with Gasteiger partial charge in [0.15, 0.2) is 12.2 Å². The molecule has 0 aromatic rings. The lowest BCUT2D eigenvalue weighted by atomic mass is 10.00. The van der Waals surface area contributed by atoms with Gasteiger partial charge in [-0.3, -0.25) is 37.3 Å². The summed E-state index contributed by atoms with van der Waals surface area (Å²) >= 11 is 0. The molecule has 0 radical (unpaired) electrons. The van der Waals surface area contributed by atoms with Gasteiger partial charge in [-0.15, -0.1) is 0 Å². The van der Waals surface area contributed by atoms with Crippen LogP contribution in [-0.2, 0) is 65.4 Å². The molecule has 0 aliphatic carbocycles. The lowest BCUT2D eigenvalue weighted by Gasteiger charge is -2.21. The van der Waals surface area contributed by atoms with Gasteiger partial charge in [0, 0.05) is 25.7 Å². The number of phosphoric ester groups is 2. The lowest BCUT2D eigenvalue weighted by molar-refractivity contribution is -0.161. The Hall–Kier alpha value is -1.94. The van der Waals surface area contributed by atoms with Crippen molar-refractivity contribution in [2.45, 2.75) is 388 Å².